The summed E-state index contributed by atoms with van der Waals surface area (Å²) in [6, 6.07) is 7.19. The molecular formula is C17H23ClO4. The van der Waals surface area contributed by atoms with Crippen LogP contribution in [0.2, 0.25) is 5.02 Å². The van der Waals surface area contributed by atoms with Crippen LogP contribution in [0.4, 0.5) is 0 Å². The molecule has 0 N–H and O–H groups in total. The molecule has 22 heavy (non-hydrogen) atoms. The van der Waals surface area contributed by atoms with E-state index in [9.17, 15) is 9.59 Å². The lowest BCUT2D eigenvalue weighted by atomic mass is 10.1. The number of benzene rings is 1. The first-order valence-electron chi connectivity index (χ1n) is 7.67. The molecule has 4 nitrogen and oxygen atoms in total. The van der Waals surface area contributed by atoms with Gasteiger partial charge < -0.3 is 9.47 Å². The lowest BCUT2D eigenvalue weighted by Crippen LogP contribution is -2.06. The molecule has 0 spiro atoms. The molecule has 1 rings (SSSR count). The molecule has 0 saturated carbocycles. The van der Waals surface area contributed by atoms with Gasteiger partial charge >= 0.3 is 11.9 Å². The lowest BCUT2D eigenvalue weighted by molar-refractivity contribution is -0.145. The minimum absolute atomic E-state index is 0.160. The highest BCUT2D eigenvalue weighted by molar-refractivity contribution is 6.30. The van der Waals surface area contributed by atoms with Crippen molar-refractivity contribution in [2.45, 2.75) is 52.1 Å². The van der Waals surface area contributed by atoms with E-state index in [0.29, 0.717) is 24.5 Å². The Morgan fingerprint density at radius 2 is 1.55 bits per heavy atom. The second-order valence-electron chi connectivity index (χ2n) is 5.07. The van der Waals surface area contributed by atoms with Crippen LogP contribution in [0, 0.1) is 0 Å². The highest BCUT2D eigenvalue weighted by Crippen LogP contribution is 2.11. The Balaban J connectivity index is 2.04. The van der Waals surface area contributed by atoms with Crippen LogP contribution in [-0.2, 0) is 25.7 Å². The third-order valence-electron chi connectivity index (χ3n) is 3.04. The molecule has 0 saturated heterocycles. The normalized spacial score (nSPS) is 10.3. The van der Waals surface area contributed by atoms with E-state index in [0.717, 1.165) is 31.2 Å². The van der Waals surface area contributed by atoms with Gasteiger partial charge in [0, 0.05) is 17.9 Å². The van der Waals surface area contributed by atoms with Crippen molar-refractivity contribution in [2.24, 2.45) is 0 Å². The first kappa shape index (κ1) is 18.5. The van der Waals surface area contributed by atoms with Crippen LogP contribution in [0.15, 0.2) is 24.3 Å². The van der Waals surface area contributed by atoms with Crippen molar-refractivity contribution in [1.82, 2.24) is 0 Å². The van der Waals surface area contributed by atoms with E-state index < -0.39 is 0 Å². The first-order valence-corrected chi connectivity index (χ1v) is 8.05. The van der Waals surface area contributed by atoms with Crippen LogP contribution in [-0.4, -0.2) is 18.5 Å². The largest absolute Gasteiger partial charge is 0.466 e. The fourth-order valence-corrected chi connectivity index (χ4v) is 1.95. The zero-order valence-corrected chi connectivity index (χ0v) is 13.7. The molecule has 0 fully saturated rings. The van der Waals surface area contributed by atoms with Gasteiger partial charge in [0.25, 0.3) is 0 Å². The number of carbonyl (C=O) groups excluding carboxylic acids is 2. The van der Waals surface area contributed by atoms with E-state index in [1.165, 1.54) is 0 Å². The molecule has 1 aromatic carbocycles. The molecule has 122 valence electrons. The average molecular weight is 327 g/mol. The van der Waals surface area contributed by atoms with Crippen molar-refractivity contribution in [3.63, 3.8) is 0 Å². The summed E-state index contributed by atoms with van der Waals surface area (Å²) in [5, 5.41) is 0.660. The Morgan fingerprint density at radius 1 is 0.955 bits per heavy atom. The van der Waals surface area contributed by atoms with Gasteiger partial charge in [-0.2, -0.15) is 0 Å². The zero-order valence-electron chi connectivity index (χ0n) is 13.0. The van der Waals surface area contributed by atoms with E-state index in [1.807, 2.05) is 19.1 Å². The standard InChI is InChI=1S/C17H23ClO4/c1-2-12-21-16(19)6-4-3-5-7-17(20)22-13-14-8-10-15(18)11-9-14/h8-11H,2-7,12-13H2,1H3. The Kier molecular flexibility index (Phi) is 9.31. The number of rotatable bonds is 10. The van der Waals surface area contributed by atoms with Crippen molar-refractivity contribution < 1.29 is 19.1 Å². The number of unbranched alkanes of at least 4 members (excludes halogenated alkanes) is 2. The maximum Gasteiger partial charge on any atom is 0.306 e. The predicted molar refractivity (Wildman–Crippen MR) is 85.6 cm³/mol. The minimum atomic E-state index is -0.219. The quantitative estimate of drug-likeness (QED) is 0.475. The van der Waals surface area contributed by atoms with Crippen LogP contribution in [0.3, 0.4) is 0 Å². The fourth-order valence-electron chi connectivity index (χ4n) is 1.82. The van der Waals surface area contributed by atoms with Crippen molar-refractivity contribution in [1.29, 1.82) is 0 Å². The number of halogens is 1. The van der Waals surface area contributed by atoms with Crippen molar-refractivity contribution in [3.05, 3.63) is 34.9 Å². The van der Waals surface area contributed by atoms with E-state index in [4.69, 9.17) is 21.1 Å². The van der Waals surface area contributed by atoms with E-state index >= 15 is 0 Å². The summed E-state index contributed by atoms with van der Waals surface area (Å²) >= 11 is 5.78. The summed E-state index contributed by atoms with van der Waals surface area (Å²) < 4.78 is 10.1. The maximum atomic E-state index is 11.6. The highest BCUT2D eigenvalue weighted by Gasteiger charge is 2.05. The third-order valence-corrected chi connectivity index (χ3v) is 3.29. The Morgan fingerprint density at radius 3 is 2.14 bits per heavy atom. The molecular weight excluding hydrogens is 304 g/mol. The number of hydrogen-bond acceptors (Lipinski definition) is 4. The summed E-state index contributed by atoms with van der Waals surface area (Å²) in [4.78, 5) is 22.8. The van der Waals surface area contributed by atoms with Crippen LogP contribution in [0.5, 0.6) is 0 Å². The van der Waals surface area contributed by atoms with Gasteiger partial charge in [-0.15, -0.1) is 0 Å². The molecule has 0 radical (unpaired) electrons. The van der Waals surface area contributed by atoms with Gasteiger partial charge in [0.1, 0.15) is 6.61 Å². The van der Waals surface area contributed by atoms with Gasteiger partial charge in [-0.25, -0.2) is 0 Å². The van der Waals surface area contributed by atoms with Crippen molar-refractivity contribution in [3.8, 4) is 0 Å². The second-order valence-corrected chi connectivity index (χ2v) is 5.50. The summed E-state index contributed by atoms with van der Waals surface area (Å²) in [5.74, 6) is -0.379. The van der Waals surface area contributed by atoms with E-state index in [-0.39, 0.29) is 18.5 Å². The summed E-state index contributed by atoms with van der Waals surface area (Å²) in [6.45, 7) is 2.71. The number of ether oxygens (including phenoxy) is 2. The van der Waals surface area contributed by atoms with Crippen LogP contribution >= 0.6 is 11.6 Å². The summed E-state index contributed by atoms with van der Waals surface area (Å²) in [7, 11) is 0. The zero-order chi connectivity index (χ0) is 16.2. The summed E-state index contributed by atoms with van der Waals surface area (Å²) in [6.07, 6.45) is 3.91. The van der Waals surface area contributed by atoms with Gasteiger partial charge in [0.2, 0.25) is 0 Å². The molecule has 0 heterocycles. The molecule has 0 aliphatic carbocycles. The summed E-state index contributed by atoms with van der Waals surface area (Å²) in [5.41, 5.74) is 0.913. The molecule has 1 aromatic rings. The van der Waals surface area contributed by atoms with E-state index in [1.54, 1.807) is 12.1 Å². The van der Waals surface area contributed by atoms with Gasteiger partial charge in [-0.1, -0.05) is 37.1 Å². The molecule has 0 amide bonds. The molecule has 0 aliphatic rings. The molecule has 0 unspecified atom stereocenters. The van der Waals surface area contributed by atoms with E-state index in [2.05, 4.69) is 0 Å². The van der Waals surface area contributed by atoms with Gasteiger partial charge in [0.05, 0.1) is 6.61 Å². The predicted octanol–water partition coefficient (Wildman–Crippen LogP) is 4.29. The third kappa shape index (κ3) is 8.67. The van der Waals surface area contributed by atoms with Crippen LogP contribution in [0.25, 0.3) is 0 Å². The van der Waals surface area contributed by atoms with Gasteiger partial charge in [-0.05, 0) is 37.0 Å². The Bertz CT molecular complexity index is 456. The smallest absolute Gasteiger partial charge is 0.306 e. The van der Waals surface area contributed by atoms with Crippen LogP contribution in [0.1, 0.15) is 51.0 Å². The number of carbonyl (C=O) groups is 2. The molecule has 0 aromatic heterocycles. The second kappa shape index (κ2) is 11.1. The fraction of sp³-hybridized carbons (Fsp3) is 0.529. The lowest BCUT2D eigenvalue weighted by Gasteiger charge is -2.05. The van der Waals surface area contributed by atoms with Crippen LogP contribution < -0.4 is 0 Å². The molecule has 0 atom stereocenters. The average Bonchev–Trinajstić information content (AvgIpc) is 2.52. The van der Waals surface area contributed by atoms with Crippen molar-refractivity contribution in [2.75, 3.05) is 6.61 Å². The minimum Gasteiger partial charge on any atom is -0.466 e. The molecule has 0 bridgehead atoms. The monoisotopic (exact) mass is 326 g/mol. The maximum absolute atomic E-state index is 11.6. The highest BCUT2D eigenvalue weighted by atomic mass is 35.5. The molecule has 0 aliphatic heterocycles. The number of esters is 2. The Hall–Kier alpha value is -1.55. The SMILES string of the molecule is CCCOC(=O)CCCCCC(=O)OCc1ccc(Cl)cc1. The number of hydrogen-bond donors (Lipinski definition) is 0. The van der Waals surface area contributed by atoms with Gasteiger partial charge in [0.15, 0.2) is 0 Å². The molecule has 5 heteroatoms. The Labute approximate surface area is 136 Å². The van der Waals surface area contributed by atoms with Crippen molar-refractivity contribution >= 4 is 23.5 Å². The topological polar surface area (TPSA) is 52.6 Å². The first-order chi connectivity index (χ1) is 10.6. The van der Waals surface area contributed by atoms with Gasteiger partial charge in [-0.3, -0.25) is 9.59 Å².